The highest BCUT2D eigenvalue weighted by Gasteiger charge is 2.17. The molecular weight excluding hydrogens is 362 g/mol. The lowest BCUT2D eigenvalue weighted by atomic mass is 10.1. The molecule has 0 radical (unpaired) electrons. The Bertz CT molecular complexity index is 561. The number of rotatable bonds is 17. The van der Waals surface area contributed by atoms with Gasteiger partial charge in [0.25, 0.3) is 0 Å². The van der Waals surface area contributed by atoms with Crippen LogP contribution in [0.5, 0.6) is 5.75 Å². The van der Waals surface area contributed by atoms with Crippen LogP contribution in [0.25, 0.3) is 0 Å². The first-order valence-corrected chi connectivity index (χ1v) is 11.5. The molecule has 0 bridgehead atoms. The fourth-order valence-electron chi connectivity index (χ4n) is 3.49. The van der Waals surface area contributed by atoms with Crippen LogP contribution < -0.4 is 21.1 Å². The van der Waals surface area contributed by atoms with E-state index in [9.17, 15) is 0 Å². The summed E-state index contributed by atoms with van der Waals surface area (Å²) in [6.45, 7) is 10.4. The van der Waals surface area contributed by atoms with E-state index in [0.717, 1.165) is 70.4 Å². The topological polar surface area (TPSA) is 74.9 Å². The number of hydrogen-bond donors (Lipinski definition) is 3. The summed E-state index contributed by atoms with van der Waals surface area (Å²) in [6, 6.07) is 8.43. The van der Waals surface area contributed by atoms with Gasteiger partial charge in [0.1, 0.15) is 11.6 Å². The molecule has 0 saturated carbocycles. The van der Waals surface area contributed by atoms with Crippen molar-refractivity contribution in [2.24, 2.45) is 10.7 Å². The molecule has 1 aromatic carbocycles. The summed E-state index contributed by atoms with van der Waals surface area (Å²) in [7, 11) is 0. The predicted octanol–water partition coefficient (Wildman–Crippen LogP) is 2.63. The summed E-state index contributed by atoms with van der Waals surface area (Å²) >= 11 is 0. The van der Waals surface area contributed by atoms with Crippen LogP contribution in [-0.4, -0.2) is 69.7 Å². The lowest BCUT2D eigenvalue weighted by molar-refractivity contribution is 0.304. The molecule has 0 fully saturated rings. The first-order valence-electron chi connectivity index (χ1n) is 11.5. The van der Waals surface area contributed by atoms with E-state index >= 15 is 0 Å². The normalized spacial score (nSPS) is 13.7. The maximum atomic E-state index is 5.90. The number of nitrogens with one attached hydrogen (secondary N) is 2. The summed E-state index contributed by atoms with van der Waals surface area (Å²) in [5, 5.41) is 6.77. The van der Waals surface area contributed by atoms with Crippen LogP contribution in [0.1, 0.15) is 51.0 Å². The molecule has 6 heteroatoms. The fourth-order valence-corrected chi connectivity index (χ4v) is 3.49. The SMILES string of the molecule is CCCCCCCCOc1ccc(C2=NCCN2CCNCCNCCN)cc1. The van der Waals surface area contributed by atoms with Crippen LogP contribution >= 0.6 is 0 Å². The van der Waals surface area contributed by atoms with Crippen molar-refractivity contribution in [1.82, 2.24) is 15.5 Å². The first-order chi connectivity index (χ1) is 14.3. The summed E-state index contributed by atoms with van der Waals surface area (Å²) < 4.78 is 5.90. The van der Waals surface area contributed by atoms with Gasteiger partial charge in [0.05, 0.1) is 13.2 Å². The van der Waals surface area contributed by atoms with Crippen molar-refractivity contribution in [3.8, 4) is 5.75 Å². The van der Waals surface area contributed by atoms with Gasteiger partial charge >= 0.3 is 0 Å². The molecule has 0 unspecified atom stereocenters. The Kier molecular flexibility index (Phi) is 12.4. The molecule has 2 rings (SSSR count). The van der Waals surface area contributed by atoms with Gasteiger partial charge in [0.15, 0.2) is 0 Å². The number of unbranched alkanes of at least 4 members (excludes halogenated alkanes) is 5. The van der Waals surface area contributed by atoms with Crippen LogP contribution in [0.2, 0.25) is 0 Å². The minimum Gasteiger partial charge on any atom is -0.494 e. The third-order valence-electron chi connectivity index (χ3n) is 5.17. The fraction of sp³-hybridized carbons (Fsp3) is 0.696. The van der Waals surface area contributed by atoms with Crippen molar-refractivity contribution in [2.45, 2.75) is 45.4 Å². The molecule has 1 aliphatic rings. The second kappa shape index (κ2) is 15.2. The van der Waals surface area contributed by atoms with E-state index in [1.165, 1.54) is 37.7 Å². The van der Waals surface area contributed by atoms with Gasteiger partial charge in [0.2, 0.25) is 0 Å². The Hall–Kier alpha value is -1.63. The zero-order valence-electron chi connectivity index (χ0n) is 18.3. The molecule has 0 atom stereocenters. The molecule has 0 saturated heterocycles. The number of nitrogens with two attached hydrogens (primary N) is 1. The van der Waals surface area contributed by atoms with Gasteiger partial charge in [-0.05, 0) is 30.7 Å². The monoisotopic (exact) mass is 403 g/mol. The Balaban J connectivity index is 1.64. The highest BCUT2D eigenvalue weighted by molar-refractivity contribution is 5.99. The molecule has 0 aliphatic carbocycles. The molecule has 0 aromatic heterocycles. The number of amidine groups is 1. The first kappa shape index (κ1) is 23.6. The molecule has 6 nitrogen and oxygen atoms in total. The quantitative estimate of drug-likeness (QED) is 0.349. The van der Waals surface area contributed by atoms with Gasteiger partial charge in [-0.1, -0.05) is 39.0 Å². The third kappa shape index (κ3) is 9.61. The molecule has 1 heterocycles. The third-order valence-corrected chi connectivity index (χ3v) is 5.17. The summed E-state index contributed by atoms with van der Waals surface area (Å²) in [4.78, 5) is 7.08. The molecule has 164 valence electrons. The van der Waals surface area contributed by atoms with Crippen molar-refractivity contribution in [2.75, 3.05) is 59.0 Å². The Morgan fingerprint density at radius 1 is 0.966 bits per heavy atom. The smallest absolute Gasteiger partial charge is 0.131 e. The summed E-state index contributed by atoms with van der Waals surface area (Å²) in [5.41, 5.74) is 6.65. The summed E-state index contributed by atoms with van der Waals surface area (Å²) in [5.74, 6) is 2.06. The van der Waals surface area contributed by atoms with Crippen molar-refractivity contribution < 1.29 is 4.74 Å². The maximum Gasteiger partial charge on any atom is 0.131 e. The van der Waals surface area contributed by atoms with Crippen LogP contribution in [0, 0.1) is 0 Å². The zero-order chi connectivity index (χ0) is 20.6. The van der Waals surface area contributed by atoms with E-state index in [2.05, 4.69) is 46.7 Å². The van der Waals surface area contributed by atoms with E-state index in [0.29, 0.717) is 6.54 Å². The molecule has 0 amide bonds. The highest BCUT2D eigenvalue weighted by Crippen LogP contribution is 2.17. The second-order valence-electron chi connectivity index (χ2n) is 7.62. The molecule has 1 aliphatic heterocycles. The van der Waals surface area contributed by atoms with E-state index in [4.69, 9.17) is 15.5 Å². The van der Waals surface area contributed by atoms with Crippen LogP contribution in [-0.2, 0) is 0 Å². The van der Waals surface area contributed by atoms with E-state index in [1.54, 1.807) is 0 Å². The standard InChI is InChI=1S/C23H41N5O/c1-2-3-4-5-6-7-20-29-22-10-8-21(9-11-22)23-27-17-19-28(23)18-16-26-15-14-25-13-12-24/h8-11,25-26H,2-7,12-20,24H2,1H3. The Labute approximate surface area is 177 Å². The minimum absolute atomic E-state index is 0.691. The lowest BCUT2D eigenvalue weighted by Gasteiger charge is -2.21. The number of ether oxygens (including phenoxy) is 1. The number of benzene rings is 1. The van der Waals surface area contributed by atoms with Crippen molar-refractivity contribution in [3.63, 3.8) is 0 Å². The van der Waals surface area contributed by atoms with Crippen molar-refractivity contribution in [3.05, 3.63) is 29.8 Å². The second-order valence-corrected chi connectivity index (χ2v) is 7.62. The van der Waals surface area contributed by atoms with Gasteiger partial charge in [0, 0.05) is 51.4 Å². The van der Waals surface area contributed by atoms with Crippen LogP contribution in [0.4, 0.5) is 0 Å². The molecular formula is C23H41N5O. The van der Waals surface area contributed by atoms with Gasteiger partial charge in [-0.3, -0.25) is 4.99 Å². The Morgan fingerprint density at radius 2 is 1.69 bits per heavy atom. The van der Waals surface area contributed by atoms with Gasteiger partial charge in [-0.25, -0.2) is 0 Å². The highest BCUT2D eigenvalue weighted by atomic mass is 16.5. The van der Waals surface area contributed by atoms with E-state index in [1.807, 2.05) is 0 Å². The van der Waals surface area contributed by atoms with Gasteiger partial charge < -0.3 is 26.0 Å². The molecule has 4 N–H and O–H groups in total. The van der Waals surface area contributed by atoms with Crippen molar-refractivity contribution >= 4 is 5.84 Å². The summed E-state index contributed by atoms with van der Waals surface area (Å²) in [6.07, 6.45) is 7.73. The lowest BCUT2D eigenvalue weighted by Crippen LogP contribution is -2.37. The van der Waals surface area contributed by atoms with Gasteiger partial charge in [-0.15, -0.1) is 0 Å². The molecule has 0 spiro atoms. The Morgan fingerprint density at radius 3 is 2.45 bits per heavy atom. The molecule has 1 aromatic rings. The van der Waals surface area contributed by atoms with Crippen LogP contribution in [0.15, 0.2) is 29.3 Å². The predicted molar refractivity (Wildman–Crippen MR) is 123 cm³/mol. The number of nitrogens with zero attached hydrogens (tertiary/aromatic N) is 2. The van der Waals surface area contributed by atoms with E-state index in [-0.39, 0.29) is 0 Å². The largest absolute Gasteiger partial charge is 0.494 e. The minimum atomic E-state index is 0.691. The number of hydrogen-bond acceptors (Lipinski definition) is 6. The number of aliphatic imine (C=N–C) groups is 1. The van der Waals surface area contributed by atoms with Crippen LogP contribution in [0.3, 0.4) is 0 Å². The van der Waals surface area contributed by atoms with Gasteiger partial charge in [-0.2, -0.15) is 0 Å². The average Bonchev–Trinajstić information content (AvgIpc) is 3.21. The zero-order valence-corrected chi connectivity index (χ0v) is 18.3. The average molecular weight is 404 g/mol. The molecule has 29 heavy (non-hydrogen) atoms. The van der Waals surface area contributed by atoms with Crippen molar-refractivity contribution in [1.29, 1.82) is 0 Å². The van der Waals surface area contributed by atoms with E-state index < -0.39 is 0 Å². The maximum absolute atomic E-state index is 5.90.